The average Bonchev–Trinajstić information content (AvgIpc) is 3.28. The van der Waals surface area contributed by atoms with Crippen molar-refractivity contribution in [2.45, 2.75) is 32.6 Å². The summed E-state index contributed by atoms with van der Waals surface area (Å²) in [7, 11) is 0. The molecule has 1 fully saturated rings. The van der Waals surface area contributed by atoms with Crippen molar-refractivity contribution < 1.29 is 21.9 Å². The van der Waals surface area contributed by atoms with E-state index in [4.69, 9.17) is 0 Å². The van der Waals surface area contributed by atoms with Gasteiger partial charge in [-0.1, -0.05) is 19.8 Å². The van der Waals surface area contributed by atoms with Crippen LogP contribution in [0.5, 0.6) is 0 Å². The van der Waals surface area contributed by atoms with E-state index in [0.717, 1.165) is 18.5 Å². The Labute approximate surface area is 151 Å². The van der Waals surface area contributed by atoms with Crippen LogP contribution in [0.4, 0.5) is 0 Å². The number of rotatable bonds is 5. The summed E-state index contributed by atoms with van der Waals surface area (Å²) in [4.78, 5) is 14.7. The zero-order chi connectivity index (χ0) is 15.6. The molecule has 0 N–H and O–H groups in total. The number of ketones is 1. The Balaban J connectivity index is 0.000000377. The van der Waals surface area contributed by atoms with Crippen molar-refractivity contribution in [1.29, 1.82) is 0 Å². The SMILES string of the molecule is CCC(CN1CCCCC1)C(=O)c1ccc[cH-]1.[Fe+2].c1cc[cH-]c1. The van der Waals surface area contributed by atoms with Crippen molar-refractivity contribution in [3.05, 3.63) is 60.2 Å². The van der Waals surface area contributed by atoms with Crippen LogP contribution in [0.2, 0.25) is 0 Å². The molecule has 126 valence electrons. The first-order valence-corrected chi connectivity index (χ1v) is 8.46. The van der Waals surface area contributed by atoms with Gasteiger partial charge in [0.25, 0.3) is 0 Å². The molecule has 0 saturated carbocycles. The third-order valence-corrected chi connectivity index (χ3v) is 4.29. The molecule has 3 heteroatoms. The van der Waals surface area contributed by atoms with Crippen molar-refractivity contribution in [3.63, 3.8) is 0 Å². The molecule has 1 unspecified atom stereocenters. The molecule has 23 heavy (non-hydrogen) atoms. The van der Waals surface area contributed by atoms with Crippen molar-refractivity contribution in [2.75, 3.05) is 19.6 Å². The fourth-order valence-electron chi connectivity index (χ4n) is 2.95. The monoisotopic (exact) mass is 353 g/mol. The Morgan fingerprint density at radius 1 is 1.13 bits per heavy atom. The molecule has 0 amide bonds. The van der Waals surface area contributed by atoms with E-state index < -0.39 is 0 Å². The largest absolute Gasteiger partial charge is 2.00 e. The minimum atomic E-state index is 0. The Bertz CT molecular complexity index is 481. The number of hydrogen-bond donors (Lipinski definition) is 0. The molecule has 2 aromatic rings. The van der Waals surface area contributed by atoms with Crippen LogP contribution < -0.4 is 0 Å². The summed E-state index contributed by atoms with van der Waals surface area (Å²) in [5, 5.41) is 0. The van der Waals surface area contributed by atoms with Crippen molar-refractivity contribution in [3.8, 4) is 0 Å². The molecule has 3 rings (SSSR count). The third kappa shape index (κ3) is 6.86. The van der Waals surface area contributed by atoms with Gasteiger partial charge in [0.2, 0.25) is 0 Å². The number of hydrogen-bond acceptors (Lipinski definition) is 2. The molecule has 1 aliphatic heterocycles. The van der Waals surface area contributed by atoms with Crippen LogP contribution in [-0.2, 0) is 17.1 Å². The van der Waals surface area contributed by atoms with E-state index in [2.05, 4.69) is 11.8 Å². The molecule has 0 radical (unpaired) electrons. The van der Waals surface area contributed by atoms with E-state index in [1.54, 1.807) is 0 Å². The maximum absolute atomic E-state index is 12.3. The number of nitrogens with zero attached hydrogens (tertiary/aromatic N) is 1. The standard InChI is InChI=1S/C15H22NO.C5H5.Fe/c1-2-13(12-16-10-6-3-7-11-16)15(17)14-8-4-5-9-14;1-2-4-5-3-1;/h4-5,8-9,13H,2-3,6-7,10-12H2,1H3;1-5H;/q2*-1;+2. The molecule has 0 spiro atoms. The van der Waals surface area contributed by atoms with Gasteiger partial charge in [-0.05, 0) is 31.8 Å². The second-order valence-electron chi connectivity index (χ2n) is 5.97. The van der Waals surface area contributed by atoms with Gasteiger partial charge in [0.1, 0.15) is 0 Å². The van der Waals surface area contributed by atoms with E-state index in [9.17, 15) is 4.79 Å². The average molecular weight is 353 g/mol. The smallest absolute Gasteiger partial charge is 0.351 e. The molecular weight excluding hydrogens is 326 g/mol. The van der Waals surface area contributed by atoms with Gasteiger partial charge < -0.3 is 9.69 Å². The summed E-state index contributed by atoms with van der Waals surface area (Å²) < 4.78 is 0. The van der Waals surface area contributed by atoms with Gasteiger partial charge >= 0.3 is 17.1 Å². The van der Waals surface area contributed by atoms with E-state index in [1.807, 2.05) is 54.6 Å². The molecule has 2 aromatic carbocycles. The molecule has 2 nitrogen and oxygen atoms in total. The molecule has 0 aliphatic carbocycles. The maximum Gasteiger partial charge on any atom is 2.00 e. The second kappa shape index (κ2) is 11.4. The number of carbonyl (C=O) groups is 1. The third-order valence-electron chi connectivity index (χ3n) is 4.29. The summed E-state index contributed by atoms with van der Waals surface area (Å²) in [6.45, 7) is 5.41. The maximum atomic E-state index is 12.3. The summed E-state index contributed by atoms with van der Waals surface area (Å²) >= 11 is 0. The summed E-state index contributed by atoms with van der Waals surface area (Å²) in [5.74, 6) is 0.499. The van der Waals surface area contributed by atoms with Gasteiger partial charge in [0.05, 0.1) is 5.78 Å². The molecule has 0 bridgehead atoms. The minimum absolute atomic E-state index is 0. The van der Waals surface area contributed by atoms with Crippen LogP contribution in [0.25, 0.3) is 0 Å². The summed E-state index contributed by atoms with van der Waals surface area (Å²) in [6.07, 6.45) is 4.88. The molecular formula is C20H27FeNO. The van der Waals surface area contributed by atoms with Gasteiger partial charge in [-0.25, -0.2) is 12.1 Å². The number of piperidine rings is 1. The van der Waals surface area contributed by atoms with Gasteiger partial charge in [-0.2, -0.15) is 36.4 Å². The Hall–Kier alpha value is -1.15. The van der Waals surface area contributed by atoms with E-state index >= 15 is 0 Å². The Morgan fingerprint density at radius 2 is 1.83 bits per heavy atom. The van der Waals surface area contributed by atoms with Gasteiger partial charge in [0, 0.05) is 6.54 Å². The quantitative estimate of drug-likeness (QED) is 0.448. The zero-order valence-corrected chi connectivity index (χ0v) is 15.0. The zero-order valence-electron chi connectivity index (χ0n) is 13.9. The summed E-state index contributed by atoms with van der Waals surface area (Å²) in [6, 6.07) is 17.8. The molecule has 1 atom stereocenters. The molecule has 1 aliphatic rings. The molecule has 1 saturated heterocycles. The van der Waals surface area contributed by atoms with Gasteiger partial charge in [0.15, 0.2) is 0 Å². The fraction of sp³-hybridized carbons (Fsp3) is 0.450. The van der Waals surface area contributed by atoms with Crippen LogP contribution in [0, 0.1) is 5.92 Å². The predicted molar refractivity (Wildman–Crippen MR) is 92.5 cm³/mol. The number of Topliss-reactive ketones (excluding diaryl/α,β-unsaturated/α-hetero) is 1. The van der Waals surface area contributed by atoms with Gasteiger partial charge in [-0.15, -0.1) is 11.6 Å². The summed E-state index contributed by atoms with van der Waals surface area (Å²) in [5.41, 5.74) is 0.883. The number of likely N-dealkylation sites (tertiary alicyclic amines) is 1. The van der Waals surface area contributed by atoms with Crippen molar-refractivity contribution in [1.82, 2.24) is 4.90 Å². The van der Waals surface area contributed by atoms with Crippen molar-refractivity contribution >= 4 is 5.78 Å². The van der Waals surface area contributed by atoms with Crippen LogP contribution >= 0.6 is 0 Å². The topological polar surface area (TPSA) is 20.3 Å². The van der Waals surface area contributed by atoms with E-state index in [-0.39, 0.29) is 23.0 Å². The van der Waals surface area contributed by atoms with Gasteiger partial charge in [-0.3, -0.25) is 0 Å². The van der Waals surface area contributed by atoms with Crippen LogP contribution in [-0.4, -0.2) is 30.3 Å². The van der Waals surface area contributed by atoms with Crippen molar-refractivity contribution in [2.24, 2.45) is 5.92 Å². The van der Waals surface area contributed by atoms with Crippen LogP contribution in [0.3, 0.4) is 0 Å². The predicted octanol–water partition coefficient (Wildman–Crippen LogP) is 4.50. The fourth-order valence-corrected chi connectivity index (χ4v) is 2.95. The first-order valence-electron chi connectivity index (χ1n) is 8.46. The molecule has 1 heterocycles. The minimum Gasteiger partial charge on any atom is -0.351 e. The van der Waals surface area contributed by atoms with E-state index in [1.165, 1.54) is 32.4 Å². The second-order valence-corrected chi connectivity index (χ2v) is 5.97. The van der Waals surface area contributed by atoms with E-state index in [0.29, 0.717) is 5.78 Å². The normalized spacial score (nSPS) is 15.9. The Morgan fingerprint density at radius 3 is 2.30 bits per heavy atom. The first-order chi connectivity index (χ1) is 10.8. The van der Waals surface area contributed by atoms with Crippen LogP contribution in [0.15, 0.2) is 54.6 Å². The number of carbonyl (C=O) groups excluding carboxylic acids is 1. The first kappa shape index (κ1) is 19.9. The Kier molecular flexibility index (Phi) is 9.86. The van der Waals surface area contributed by atoms with Crippen LogP contribution in [0.1, 0.15) is 43.0 Å². The molecule has 0 aromatic heterocycles.